The van der Waals surface area contributed by atoms with Crippen LogP contribution in [0.25, 0.3) is 5.65 Å². The molecule has 28 heavy (non-hydrogen) atoms. The van der Waals surface area contributed by atoms with E-state index in [0.29, 0.717) is 18.0 Å². The summed E-state index contributed by atoms with van der Waals surface area (Å²) in [4.78, 5) is 18.3. The normalized spacial score (nSPS) is 13.6. The van der Waals surface area contributed by atoms with Crippen LogP contribution in [-0.2, 0) is 5.75 Å². The third-order valence-electron chi connectivity index (χ3n) is 4.64. The van der Waals surface area contributed by atoms with Crippen LogP contribution >= 0.6 is 11.8 Å². The van der Waals surface area contributed by atoms with Crippen LogP contribution < -0.4 is 11.1 Å². The molecule has 3 aromatic rings. The number of nitrogens with zero attached hydrogens (tertiary/aromatic N) is 2. The molecule has 0 radical (unpaired) electrons. The van der Waals surface area contributed by atoms with Crippen molar-refractivity contribution in [3.63, 3.8) is 0 Å². The SMILES string of the molecule is CC(C)CC(C)(CN)NC(=O)c1ccc(SCc2cn3ccccc3n2)cc1. The Morgan fingerprint density at radius 1 is 1.25 bits per heavy atom. The Morgan fingerprint density at radius 2 is 2.00 bits per heavy atom. The predicted octanol–water partition coefficient (Wildman–Crippen LogP) is 4.12. The lowest BCUT2D eigenvalue weighted by Gasteiger charge is -2.31. The van der Waals surface area contributed by atoms with E-state index in [1.54, 1.807) is 11.8 Å². The lowest BCUT2D eigenvalue weighted by molar-refractivity contribution is 0.0898. The van der Waals surface area contributed by atoms with Crippen LogP contribution in [0, 0.1) is 5.92 Å². The Hall–Kier alpha value is -2.31. The van der Waals surface area contributed by atoms with Gasteiger partial charge in [0.1, 0.15) is 5.65 Å². The van der Waals surface area contributed by atoms with Crippen LogP contribution in [0.5, 0.6) is 0 Å². The average molecular weight is 397 g/mol. The lowest BCUT2D eigenvalue weighted by atomic mass is 9.90. The molecular formula is C22H28N4OS. The minimum atomic E-state index is -0.387. The monoisotopic (exact) mass is 396 g/mol. The second-order valence-electron chi connectivity index (χ2n) is 7.83. The zero-order valence-electron chi connectivity index (χ0n) is 16.7. The van der Waals surface area contributed by atoms with E-state index >= 15 is 0 Å². The van der Waals surface area contributed by atoms with Crippen LogP contribution in [0.4, 0.5) is 0 Å². The zero-order valence-corrected chi connectivity index (χ0v) is 17.5. The van der Waals surface area contributed by atoms with Crippen LogP contribution in [0.15, 0.2) is 59.8 Å². The number of carbonyl (C=O) groups is 1. The molecule has 1 atom stereocenters. The number of amides is 1. The number of nitrogens with one attached hydrogen (secondary N) is 1. The summed E-state index contributed by atoms with van der Waals surface area (Å²) in [5, 5.41) is 3.10. The Kier molecular flexibility index (Phi) is 6.42. The predicted molar refractivity (Wildman–Crippen MR) is 116 cm³/mol. The van der Waals surface area contributed by atoms with Crippen molar-refractivity contribution in [3.8, 4) is 0 Å². The number of benzene rings is 1. The van der Waals surface area contributed by atoms with E-state index in [2.05, 4.69) is 24.1 Å². The van der Waals surface area contributed by atoms with Gasteiger partial charge in [-0.25, -0.2) is 4.98 Å². The molecule has 5 nitrogen and oxygen atoms in total. The molecular weight excluding hydrogens is 368 g/mol. The van der Waals surface area contributed by atoms with E-state index in [9.17, 15) is 4.79 Å². The molecule has 2 heterocycles. The van der Waals surface area contributed by atoms with Crippen LogP contribution in [-0.4, -0.2) is 27.4 Å². The molecule has 0 aliphatic carbocycles. The molecule has 1 aromatic carbocycles. The highest BCUT2D eigenvalue weighted by atomic mass is 32.2. The number of hydrogen-bond donors (Lipinski definition) is 2. The molecule has 6 heteroatoms. The Morgan fingerprint density at radius 3 is 2.64 bits per heavy atom. The number of nitrogens with two attached hydrogens (primary N) is 1. The van der Waals surface area contributed by atoms with Gasteiger partial charge in [-0.1, -0.05) is 19.9 Å². The highest BCUT2D eigenvalue weighted by Gasteiger charge is 2.26. The molecule has 0 aliphatic rings. The second-order valence-corrected chi connectivity index (χ2v) is 8.88. The van der Waals surface area contributed by atoms with Crippen LogP contribution in [0.2, 0.25) is 0 Å². The maximum absolute atomic E-state index is 12.6. The van der Waals surface area contributed by atoms with Crippen LogP contribution in [0.3, 0.4) is 0 Å². The first-order chi connectivity index (χ1) is 13.4. The minimum absolute atomic E-state index is 0.0782. The van der Waals surface area contributed by atoms with E-state index in [1.165, 1.54) is 0 Å². The lowest BCUT2D eigenvalue weighted by Crippen LogP contribution is -2.52. The summed E-state index contributed by atoms with van der Waals surface area (Å²) in [6, 6.07) is 13.7. The fourth-order valence-corrected chi connectivity index (χ4v) is 4.13. The topological polar surface area (TPSA) is 72.4 Å². The molecule has 0 aliphatic heterocycles. The van der Waals surface area contributed by atoms with Crippen molar-refractivity contribution < 1.29 is 4.79 Å². The molecule has 0 bridgehead atoms. The number of pyridine rings is 1. The fourth-order valence-electron chi connectivity index (χ4n) is 3.35. The van der Waals surface area contributed by atoms with Crippen molar-refractivity contribution in [1.29, 1.82) is 0 Å². The quantitative estimate of drug-likeness (QED) is 0.562. The van der Waals surface area contributed by atoms with Crippen molar-refractivity contribution in [2.45, 2.75) is 43.4 Å². The minimum Gasteiger partial charge on any atom is -0.346 e. The molecule has 0 spiro atoms. The van der Waals surface area contributed by atoms with Crippen molar-refractivity contribution in [1.82, 2.24) is 14.7 Å². The molecule has 2 aromatic heterocycles. The summed E-state index contributed by atoms with van der Waals surface area (Å²) < 4.78 is 2.02. The second kappa shape index (κ2) is 8.80. The maximum Gasteiger partial charge on any atom is 0.251 e. The van der Waals surface area contributed by atoms with Gasteiger partial charge in [-0.3, -0.25) is 4.79 Å². The highest BCUT2D eigenvalue weighted by molar-refractivity contribution is 7.98. The van der Waals surface area contributed by atoms with Gasteiger partial charge >= 0.3 is 0 Å². The van der Waals surface area contributed by atoms with E-state index in [0.717, 1.165) is 28.4 Å². The number of carbonyl (C=O) groups excluding carboxylic acids is 1. The van der Waals surface area contributed by atoms with E-state index in [-0.39, 0.29) is 11.4 Å². The van der Waals surface area contributed by atoms with Crippen LogP contribution in [0.1, 0.15) is 43.2 Å². The summed E-state index contributed by atoms with van der Waals surface area (Å²) in [7, 11) is 0. The Balaban J connectivity index is 1.60. The fraction of sp³-hybridized carbons (Fsp3) is 0.364. The van der Waals surface area contributed by atoms with Gasteiger partial charge in [-0.05, 0) is 55.7 Å². The highest BCUT2D eigenvalue weighted by Crippen LogP contribution is 2.23. The third-order valence-corrected chi connectivity index (χ3v) is 5.69. The van der Waals surface area contributed by atoms with E-state index < -0.39 is 0 Å². The molecule has 0 saturated heterocycles. The number of thioether (sulfide) groups is 1. The van der Waals surface area contributed by atoms with Gasteiger partial charge in [0.2, 0.25) is 0 Å². The van der Waals surface area contributed by atoms with Gasteiger partial charge in [0.15, 0.2) is 0 Å². The maximum atomic E-state index is 12.6. The first-order valence-electron chi connectivity index (χ1n) is 9.56. The first-order valence-corrected chi connectivity index (χ1v) is 10.6. The third kappa shape index (κ3) is 5.14. The number of aromatic nitrogens is 2. The molecule has 0 saturated carbocycles. The summed E-state index contributed by atoms with van der Waals surface area (Å²) >= 11 is 1.71. The average Bonchev–Trinajstić information content (AvgIpc) is 3.09. The van der Waals surface area contributed by atoms with Gasteiger partial charge in [-0.2, -0.15) is 0 Å². The number of imidazole rings is 1. The van der Waals surface area contributed by atoms with E-state index in [1.807, 2.05) is 66.2 Å². The van der Waals surface area contributed by atoms with E-state index in [4.69, 9.17) is 5.73 Å². The molecule has 3 N–H and O–H groups in total. The standard InChI is InChI=1S/C22H28N4OS/c1-16(2)12-22(3,15-23)25-21(27)17-7-9-19(10-8-17)28-14-18-13-26-11-5-4-6-20(26)24-18/h4-11,13,16H,12,14-15,23H2,1-3H3,(H,25,27). The number of hydrogen-bond acceptors (Lipinski definition) is 4. The van der Waals surface area contributed by atoms with Gasteiger partial charge in [0.25, 0.3) is 5.91 Å². The van der Waals surface area contributed by atoms with Gasteiger partial charge in [-0.15, -0.1) is 11.8 Å². The van der Waals surface area contributed by atoms with Gasteiger partial charge in [0, 0.05) is 40.7 Å². The summed E-state index contributed by atoms with van der Waals surface area (Å²) in [5.74, 6) is 1.17. The molecule has 1 unspecified atom stereocenters. The molecule has 148 valence electrons. The summed E-state index contributed by atoms with van der Waals surface area (Å²) in [5.41, 5.74) is 8.16. The number of rotatable bonds is 8. The largest absolute Gasteiger partial charge is 0.346 e. The Bertz CT molecular complexity index is 902. The van der Waals surface area contributed by atoms with Gasteiger partial charge in [0.05, 0.1) is 5.69 Å². The van der Waals surface area contributed by atoms with Crippen molar-refractivity contribution in [2.75, 3.05) is 6.54 Å². The number of fused-ring (bicyclic) bond motifs is 1. The summed E-state index contributed by atoms with van der Waals surface area (Å²) in [6.45, 7) is 6.69. The molecule has 0 fully saturated rings. The van der Waals surface area contributed by atoms with Crippen molar-refractivity contribution >= 4 is 23.3 Å². The van der Waals surface area contributed by atoms with Gasteiger partial charge < -0.3 is 15.5 Å². The van der Waals surface area contributed by atoms with Crippen molar-refractivity contribution in [3.05, 3.63) is 66.1 Å². The summed E-state index contributed by atoms with van der Waals surface area (Å²) in [6.07, 6.45) is 4.90. The molecule has 3 rings (SSSR count). The zero-order chi connectivity index (χ0) is 20.1. The smallest absolute Gasteiger partial charge is 0.251 e. The van der Waals surface area contributed by atoms with Crippen molar-refractivity contribution in [2.24, 2.45) is 11.7 Å². The Labute approximate surface area is 170 Å². The molecule has 1 amide bonds. The first kappa shape index (κ1) is 20.4.